The number of anilines is 1. The third-order valence-electron chi connectivity index (χ3n) is 2.55. The van der Waals surface area contributed by atoms with Crippen LogP contribution in [0, 0.1) is 6.92 Å². The first kappa shape index (κ1) is 13.0. The molecular formula is C13H23N3. The number of aryl methyl sites for hydroxylation is 1. The maximum absolute atomic E-state index is 5.69. The minimum absolute atomic E-state index is 0.586. The molecule has 0 aliphatic rings. The Balaban J connectivity index is 2.93. The third kappa shape index (κ3) is 3.49. The molecule has 1 heterocycles. The maximum Gasteiger partial charge on any atom is 0.129 e. The highest BCUT2D eigenvalue weighted by Crippen LogP contribution is 2.15. The van der Waals surface area contributed by atoms with Gasteiger partial charge < -0.3 is 10.6 Å². The first-order chi connectivity index (χ1) is 7.71. The van der Waals surface area contributed by atoms with Gasteiger partial charge in [-0.2, -0.15) is 0 Å². The Labute approximate surface area is 98.7 Å². The lowest BCUT2D eigenvalue weighted by Gasteiger charge is -2.23. The van der Waals surface area contributed by atoms with Crippen LogP contribution in [0.5, 0.6) is 0 Å². The van der Waals surface area contributed by atoms with Crippen LogP contribution in [0.15, 0.2) is 12.1 Å². The maximum atomic E-state index is 5.69. The highest BCUT2D eigenvalue weighted by Gasteiger charge is 2.07. The molecule has 0 aliphatic heterocycles. The SMILES string of the molecule is CCCN(CCC)c1cc(CN)cc(C)n1. The Bertz CT molecular complexity index is 317. The number of nitrogens with zero attached hydrogens (tertiary/aromatic N) is 2. The smallest absolute Gasteiger partial charge is 0.129 e. The van der Waals surface area contributed by atoms with E-state index in [1.165, 1.54) is 5.56 Å². The summed E-state index contributed by atoms with van der Waals surface area (Å²) in [5.74, 6) is 1.07. The van der Waals surface area contributed by atoms with Crippen LogP contribution in [-0.2, 0) is 6.54 Å². The lowest BCUT2D eigenvalue weighted by Crippen LogP contribution is -2.26. The fourth-order valence-electron chi connectivity index (χ4n) is 1.88. The van der Waals surface area contributed by atoms with Gasteiger partial charge in [0.1, 0.15) is 5.82 Å². The Morgan fingerprint density at radius 1 is 1.19 bits per heavy atom. The Morgan fingerprint density at radius 2 is 1.81 bits per heavy atom. The van der Waals surface area contributed by atoms with E-state index in [0.29, 0.717) is 6.54 Å². The summed E-state index contributed by atoms with van der Waals surface area (Å²) in [6, 6.07) is 4.16. The van der Waals surface area contributed by atoms with Gasteiger partial charge in [0.25, 0.3) is 0 Å². The second-order valence-electron chi connectivity index (χ2n) is 4.17. The van der Waals surface area contributed by atoms with Gasteiger partial charge in [-0.1, -0.05) is 13.8 Å². The quantitative estimate of drug-likeness (QED) is 0.802. The predicted molar refractivity (Wildman–Crippen MR) is 69.7 cm³/mol. The zero-order chi connectivity index (χ0) is 12.0. The van der Waals surface area contributed by atoms with Crippen LogP contribution in [0.1, 0.15) is 37.9 Å². The van der Waals surface area contributed by atoms with Gasteiger partial charge >= 0.3 is 0 Å². The van der Waals surface area contributed by atoms with E-state index < -0.39 is 0 Å². The lowest BCUT2D eigenvalue weighted by molar-refractivity contribution is 0.731. The van der Waals surface area contributed by atoms with Crippen LogP contribution in [0.2, 0.25) is 0 Å². The summed E-state index contributed by atoms with van der Waals surface area (Å²) < 4.78 is 0. The first-order valence-corrected chi connectivity index (χ1v) is 6.13. The molecule has 0 saturated carbocycles. The summed E-state index contributed by atoms with van der Waals surface area (Å²) in [6.07, 6.45) is 2.29. The number of hydrogen-bond acceptors (Lipinski definition) is 3. The van der Waals surface area contributed by atoms with Gasteiger partial charge in [-0.05, 0) is 37.5 Å². The molecular weight excluding hydrogens is 198 g/mol. The monoisotopic (exact) mass is 221 g/mol. The first-order valence-electron chi connectivity index (χ1n) is 6.13. The summed E-state index contributed by atoms with van der Waals surface area (Å²) in [5.41, 5.74) is 7.91. The molecule has 0 bridgehead atoms. The van der Waals surface area contributed by atoms with E-state index >= 15 is 0 Å². The molecule has 16 heavy (non-hydrogen) atoms. The van der Waals surface area contributed by atoms with E-state index in [4.69, 9.17) is 5.73 Å². The van der Waals surface area contributed by atoms with Crippen molar-refractivity contribution in [3.63, 3.8) is 0 Å². The molecule has 0 saturated heterocycles. The van der Waals surface area contributed by atoms with Crippen molar-refractivity contribution in [2.45, 2.75) is 40.2 Å². The van der Waals surface area contributed by atoms with Crippen LogP contribution in [0.3, 0.4) is 0 Å². The van der Waals surface area contributed by atoms with Gasteiger partial charge in [0, 0.05) is 25.3 Å². The standard InChI is InChI=1S/C13H23N3/c1-4-6-16(7-5-2)13-9-12(10-14)8-11(3)15-13/h8-9H,4-7,10,14H2,1-3H3. The lowest BCUT2D eigenvalue weighted by atomic mass is 10.2. The van der Waals surface area contributed by atoms with Crippen molar-refractivity contribution in [3.05, 3.63) is 23.4 Å². The number of rotatable bonds is 6. The minimum atomic E-state index is 0.586. The van der Waals surface area contributed by atoms with Crippen LogP contribution in [-0.4, -0.2) is 18.1 Å². The Morgan fingerprint density at radius 3 is 2.31 bits per heavy atom. The summed E-state index contributed by atoms with van der Waals surface area (Å²) in [6.45, 7) is 9.13. The van der Waals surface area contributed by atoms with E-state index in [1.807, 2.05) is 6.92 Å². The van der Waals surface area contributed by atoms with Crippen molar-refractivity contribution < 1.29 is 0 Å². The number of aromatic nitrogens is 1. The number of pyridine rings is 1. The molecule has 0 radical (unpaired) electrons. The van der Waals surface area contributed by atoms with Crippen molar-refractivity contribution in [3.8, 4) is 0 Å². The van der Waals surface area contributed by atoms with Crippen molar-refractivity contribution in [2.75, 3.05) is 18.0 Å². The molecule has 0 amide bonds. The molecule has 0 atom stereocenters. The molecule has 0 aliphatic carbocycles. The fourth-order valence-corrected chi connectivity index (χ4v) is 1.88. The second-order valence-corrected chi connectivity index (χ2v) is 4.17. The van der Waals surface area contributed by atoms with Crippen LogP contribution in [0.4, 0.5) is 5.82 Å². The molecule has 0 fully saturated rings. The van der Waals surface area contributed by atoms with Crippen molar-refractivity contribution >= 4 is 5.82 Å². The molecule has 0 unspecified atom stereocenters. The zero-order valence-electron chi connectivity index (χ0n) is 10.7. The Hall–Kier alpha value is -1.09. The summed E-state index contributed by atoms with van der Waals surface area (Å²) >= 11 is 0. The van der Waals surface area contributed by atoms with E-state index in [2.05, 4.69) is 35.9 Å². The molecule has 2 N–H and O–H groups in total. The molecule has 3 nitrogen and oxygen atoms in total. The summed E-state index contributed by atoms with van der Waals surface area (Å²) in [4.78, 5) is 6.93. The molecule has 0 spiro atoms. The average Bonchev–Trinajstić information content (AvgIpc) is 2.28. The highest BCUT2D eigenvalue weighted by atomic mass is 15.2. The van der Waals surface area contributed by atoms with Crippen LogP contribution >= 0.6 is 0 Å². The Kier molecular flexibility index (Phi) is 5.26. The summed E-state index contributed by atoms with van der Waals surface area (Å²) in [7, 11) is 0. The zero-order valence-corrected chi connectivity index (χ0v) is 10.7. The van der Waals surface area contributed by atoms with Gasteiger partial charge in [0.15, 0.2) is 0 Å². The minimum Gasteiger partial charge on any atom is -0.357 e. The van der Waals surface area contributed by atoms with Gasteiger partial charge in [0.05, 0.1) is 0 Å². The van der Waals surface area contributed by atoms with Gasteiger partial charge in [0.2, 0.25) is 0 Å². The van der Waals surface area contributed by atoms with E-state index in [0.717, 1.165) is 37.4 Å². The van der Waals surface area contributed by atoms with Crippen molar-refractivity contribution in [1.29, 1.82) is 0 Å². The van der Waals surface area contributed by atoms with E-state index in [1.54, 1.807) is 0 Å². The molecule has 1 aromatic heterocycles. The normalized spacial score (nSPS) is 10.5. The predicted octanol–water partition coefficient (Wildman–Crippen LogP) is 2.48. The molecule has 1 rings (SSSR count). The molecule has 0 aromatic carbocycles. The van der Waals surface area contributed by atoms with Gasteiger partial charge in [-0.25, -0.2) is 4.98 Å². The molecule has 3 heteroatoms. The van der Waals surface area contributed by atoms with Gasteiger partial charge in [-0.3, -0.25) is 0 Å². The van der Waals surface area contributed by atoms with Gasteiger partial charge in [-0.15, -0.1) is 0 Å². The van der Waals surface area contributed by atoms with Crippen LogP contribution in [0.25, 0.3) is 0 Å². The topological polar surface area (TPSA) is 42.1 Å². The second kappa shape index (κ2) is 6.48. The average molecular weight is 221 g/mol. The number of nitrogens with two attached hydrogens (primary N) is 1. The fraction of sp³-hybridized carbons (Fsp3) is 0.615. The number of hydrogen-bond donors (Lipinski definition) is 1. The highest BCUT2D eigenvalue weighted by molar-refractivity contribution is 5.42. The largest absolute Gasteiger partial charge is 0.357 e. The van der Waals surface area contributed by atoms with E-state index in [-0.39, 0.29) is 0 Å². The third-order valence-corrected chi connectivity index (χ3v) is 2.55. The molecule has 90 valence electrons. The molecule has 1 aromatic rings. The van der Waals surface area contributed by atoms with Crippen molar-refractivity contribution in [1.82, 2.24) is 4.98 Å². The summed E-state index contributed by atoms with van der Waals surface area (Å²) in [5, 5.41) is 0. The van der Waals surface area contributed by atoms with Crippen LogP contribution < -0.4 is 10.6 Å². The van der Waals surface area contributed by atoms with E-state index in [9.17, 15) is 0 Å². The van der Waals surface area contributed by atoms with Crippen molar-refractivity contribution in [2.24, 2.45) is 5.73 Å².